The van der Waals surface area contributed by atoms with E-state index in [2.05, 4.69) is 10.5 Å². The average molecular weight is 286 g/mol. The fourth-order valence-corrected chi connectivity index (χ4v) is 3.00. The number of rotatable bonds is 3. The summed E-state index contributed by atoms with van der Waals surface area (Å²) in [4.78, 5) is 12.6. The Kier molecular flexibility index (Phi) is 5.22. The van der Waals surface area contributed by atoms with Crippen molar-refractivity contribution in [2.24, 2.45) is 5.10 Å². The Morgan fingerprint density at radius 3 is 2.78 bits per heavy atom. The van der Waals surface area contributed by atoms with Gasteiger partial charge in [-0.25, -0.2) is 10.2 Å². The number of ether oxygens (including phenoxy) is 1. The molecule has 0 saturated carbocycles. The standard InChI is InChI=1S/C12H18N2O2S2/c1-8-6-9(10(17-5)18-8)7-13-14-11(15)16-12(2,3)4/h6-7H,1-5H3,(H,14,15)/b13-7-. The Bertz CT molecular complexity index is 447. The Balaban J connectivity index is 2.57. The highest BCUT2D eigenvalue weighted by atomic mass is 32.2. The lowest BCUT2D eigenvalue weighted by atomic mass is 10.2. The zero-order valence-electron chi connectivity index (χ0n) is 11.2. The number of carbonyl (C=O) groups excluding carboxylic acids is 1. The Morgan fingerprint density at radius 1 is 1.56 bits per heavy atom. The molecule has 0 aliphatic carbocycles. The third-order valence-electron chi connectivity index (χ3n) is 1.79. The summed E-state index contributed by atoms with van der Waals surface area (Å²) in [7, 11) is 0. The van der Waals surface area contributed by atoms with E-state index in [0.29, 0.717) is 0 Å². The first-order valence-electron chi connectivity index (χ1n) is 5.48. The van der Waals surface area contributed by atoms with Gasteiger partial charge in [0.15, 0.2) is 0 Å². The largest absolute Gasteiger partial charge is 0.443 e. The SMILES string of the molecule is CSc1sc(C)cc1/C=N\NC(=O)OC(C)(C)C. The summed E-state index contributed by atoms with van der Waals surface area (Å²) in [5.74, 6) is 0. The van der Waals surface area contributed by atoms with Crippen LogP contribution in [-0.4, -0.2) is 24.2 Å². The number of hydrogen-bond donors (Lipinski definition) is 1. The van der Waals surface area contributed by atoms with Crippen molar-refractivity contribution in [1.29, 1.82) is 0 Å². The molecule has 1 amide bonds. The quantitative estimate of drug-likeness (QED) is 0.524. The average Bonchev–Trinajstić information content (AvgIpc) is 2.56. The fourth-order valence-electron chi connectivity index (χ4n) is 1.22. The lowest BCUT2D eigenvalue weighted by Gasteiger charge is -2.18. The molecule has 1 rings (SSSR count). The lowest BCUT2D eigenvalue weighted by Crippen LogP contribution is -2.29. The predicted molar refractivity (Wildman–Crippen MR) is 77.8 cm³/mol. The lowest BCUT2D eigenvalue weighted by molar-refractivity contribution is 0.0529. The van der Waals surface area contributed by atoms with E-state index in [0.717, 1.165) is 5.56 Å². The molecule has 6 heteroatoms. The topological polar surface area (TPSA) is 50.7 Å². The van der Waals surface area contributed by atoms with Gasteiger partial charge in [-0.15, -0.1) is 23.1 Å². The van der Waals surface area contributed by atoms with Crippen molar-refractivity contribution in [3.8, 4) is 0 Å². The summed E-state index contributed by atoms with van der Waals surface area (Å²) in [6, 6.07) is 2.04. The highest BCUT2D eigenvalue weighted by Crippen LogP contribution is 2.28. The van der Waals surface area contributed by atoms with Crippen LogP contribution in [0.15, 0.2) is 15.4 Å². The van der Waals surface area contributed by atoms with Crippen LogP contribution in [0.4, 0.5) is 4.79 Å². The van der Waals surface area contributed by atoms with E-state index in [-0.39, 0.29) is 0 Å². The molecule has 0 aliphatic heterocycles. The monoisotopic (exact) mass is 286 g/mol. The molecule has 100 valence electrons. The highest BCUT2D eigenvalue weighted by Gasteiger charge is 2.15. The molecule has 0 aromatic carbocycles. The smallest absolute Gasteiger partial charge is 0.428 e. The van der Waals surface area contributed by atoms with Gasteiger partial charge < -0.3 is 4.74 Å². The van der Waals surface area contributed by atoms with Crippen molar-refractivity contribution in [3.05, 3.63) is 16.5 Å². The van der Waals surface area contributed by atoms with Crippen LogP contribution < -0.4 is 5.43 Å². The van der Waals surface area contributed by atoms with E-state index in [1.807, 2.05) is 40.0 Å². The van der Waals surface area contributed by atoms with E-state index in [9.17, 15) is 4.79 Å². The first kappa shape index (κ1) is 15.0. The van der Waals surface area contributed by atoms with Crippen molar-refractivity contribution < 1.29 is 9.53 Å². The Hall–Kier alpha value is -1.01. The summed E-state index contributed by atoms with van der Waals surface area (Å²) in [5, 5.41) is 3.89. The number of hydrazone groups is 1. The van der Waals surface area contributed by atoms with Crippen molar-refractivity contribution in [3.63, 3.8) is 0 Å². The Labute approximate surface area is 116 Å². The maximum atomic E-state index is 11.4. The number of nitrogens with one attached hydrogen (secondary N) is 1. The van der Waals surface area contributed by atoms with Gasteiger partial charge in [0.1, 0.15) is 5.60 Å². The first-order valence-corrected chi connectivity index (χ1v) is 7.52. The van der Waals surface area contributed by atoms with Gasteiger partial charge in [0.25, 0.3) is 0 Å². The van der Waals surface area contributed by atoms with Crippen LogP contribution >= 0.6 is 23.1 Å². The van der Waals surface area contributed by atoms with Gasteiger partial charge >= 0.3 is 6.09 Å². The van der Waals surface area contributed by atoms with Crippen LogP contribution in [0.5, 0.6) is 0 Å². The molecule has 0 atom stereocenters. The highest BCUT2D eigenvalue weighted by molar-refractivity contribution is 8.00. The molecule has 1 aromatic heterocycles. The van der Waals surface area contributed by atoms with Crippen molar-refractivity contribution in [1.82, 2.24) is 5.43 Å². The summed E-state index contributed by atoms with van der Waals surface area (Å²) >= 11 is 3.38. The number of nitrogens with zero attached hydrogens (tertiary/aromatic N) is 1. The van der Waals surface area contributed by atoms with E-state index >= 15 is 0 Å². The summed E-state index contributed by atoms with van der Waals surface area (Å²) < 4.78 is 6.25. The third-order valence-corrected chi connectivity index (χ3v) is 4.01. The molecule has 1 aromatic rings. The maximum Gasteiger partial charge on any atom is 0.428 e. The molecule has 0 unspecified atom stereocenters. The third kappa shape index (κ3) is 5.10. The second kappa shape index (κ2) is 6.24. The van der Waals surface area contributed by atoms with Gasteiger partial charge in [0.2, 0.25) is 0 Å². The minimum absolute atomic E-state index is 0.511. The number of aryl methyl sites for hydroxylation is 1. The van der Waals surface area contributed by atoms with Gasteiger partial charge in [-0.1, -0.05) is 0 Å². The molecule has 0 bridgehead atoms. The van der Waals surface area contributed by atoms with Crippen LogP contribution in [0.3, 0.4) is 0 Å². The molecule has 1 heterocycles. The minimum Gasteiger partial charge on any atom is -0.443 e. The number of thiophene rings is 1. The van der Waals surface area contributed by atoms with Gasteiger partial charge in [-0.2, -0.15) is 5.10 Å². The second-order valence-electron chi connectivity index (χ2n) is 4.68. The van der Waals surface area contributed by atoms with Crippen molar-refractivity contribution in [2.75, 3.05) is 6.26 Å². The predicted octanol–water partition coefficient (Wildman–Crippen LogP) is 3.64. The van der Waals surface area contributed by atoms with Gasteiger partial charge in [-0.3, -0.25) is 0 Å². The Morgan fingerprint density at radius 2 is 2.22 bits per heavy atom. The zero-order chi connectivity index (χ0) is 13.8. The summed E-state index contributed by atoms with van der Waals surface area (Å²) in [6.45, 7) is 7.47. The summed E-state index contributed by atoms with van der Waals surface area (Å²) in [6.07, 6.45) is 3.11. The first-order chi connectivity index (χ1) is 8.31. The van der Waals surface area contributed by atoms with Crippen molar-refractivity contribution in [2.45, 2.75) is 37.5 Å². The normalized spacial score (nSPS) is 11.8. The number of amides is 1. The van der Waals surface area contributed by atoms with E-state index in [4.69, 9.17) is 4.74 Å². The second-order valence-corrected chi connectivity index (χ2v) is 7.01. The molecule has 1 N–H and O–H groups in total. The number of carbonyl (C=O) groups is 1. The van der Waals surface area contributed by atoms with Crippen LogP contribution in [0, 0.1) is 6.92 Å². The molecule has 18 heavy (non-hydrogen) atoms. The molecule has 0 radical (unpaired) electrons. The van der Waals surface area contributed by atoms with E-state index in [1.165, 1.54) is 9.09 Å². The maximum absolute atomic E-state index is 11.4. The van der Waals surface area contributed by atoms with Crippen LogP contribution in [0.1, 0.15) is 31.2 Å². The fraction of sp³-hybridized carbons (Fsp3) is 0.500. The zero-order valence-corrected chi connectivity index (χ0v) is 12.9. The molecule has 0 spiro atoms. The summed E-state index contributed by atoms with van der Waals surface area (Å²) in [5.41, 5.74) is 2.86. The van der Waals surface area contributed by atoms with Crippen LogP contribution in [0.2, 0.25) is 0 Å². The van der Waals surface area contributed by atoms with Crippen LogP contribution in [0.25, 0.3) is 0 Å². The molecule has 4 nitrogen and oxygen atoms in total. The van der Waals surface area contributed by atoms with E-state index < -0.39 is 11.7 Å². The molecule has 0 saturated heterocycles. The number of hydrogen-bond acceptors (Lipinski definition) is 5. The van der Waals surface area contributed by atoms with Gasteiger partial charge in [-0.05, 0) is 40.0 Å². The minimum atomic E-state index is -0.545. The molecular formula is C12H18N2O2S2. The van der Waals surface area contributed by atoms with Crippen molar-refractivity contribution >= 4 is 35.4 Å². The van der Waals surface area contributed by atoms with Crippen LogP contribution in [-0.2, 0) is 4.74 Å². The van der Waals surface area contributed by atoms with Gasteiger partial charge in [0.05, 0.1) is 10.4 Å². The molecule has 0 fully saturated rings. The molecule has 0 aliphatic rings. The number of thioether (sulfide) groups is 1. The van der Waals surface area contributed by atoms with Gasteiger partial charge in [0, 0.05) is 10.4 Å². The molecular weight excluding hydrogens is 268 g/mol. The van der Waals surface area contributed by atoms with E-state index in [1.54, 1.807) is 29.3 Å².